The molecule has 156 valence electrons. The number of primary amides is 1. The first kappa shape index (κ1) is 20.2. The molecule has 0 fully saturated rings. The second kappa shape index (κ2) is 8.31. The van der Waals surface area contributed by atoms with Crippen LogP contribution in [0.25, 0.3) is 0 Å². The Balaban J connectivity index is 1.46. The molecular formula is C22H21FN2O4S. The Labute approximate surface area is 176 Å². The summed E-state index contributed by atoms with van der Waals surface area (Å²) in [5.74, 6) is 0.223. The largest absolute Gasteiger partial charge is 0.486 e. The van der Waals surface area contributed by atoms with Crippen molar-refractivity contribution in [3.8, 4) is 5.75 Å². The van der Waals surface area contributed by atoms with Gasteiger partial charge in [0.05, 0.1) is 5.56 Å². The molecular weight excluding hydrogens is 407 g/mol. The lowest BCUT2D eigenvalue weighted by Gasteiger charge is -2.18. The van der Waals surface area contributed by atoms with Crippen molar-refractivity contribution in [2.24, 2.45) is 11.7 Å². The minimum atomic E-state index is -0.537. The highest BCUT2D eigenvalue weighted by atomic mass is 32.1. The summed E-state index contributed by atoms with van der Waals surface area (Å²) in [5.41, 5.74) is 6.95. The molecule has 3 N–H and O–H groups in total. The molecule has 6 nitrogen and oxygen atoms in total. The molecule has 0 unspecified atom stereocenters. The molecule has 1 aliphatic carbocycles. The zero-order valence-electron chi connectivity index (χ0n) is 16.4. The van der Waals surface area contributed by atoms with E-state index >= 15 is 0 Å². The predicted octanol–water partition coefficient (Wildman–Crippen LogP) is 4.54. The summed E-state index contributed by atoms with van der Waals surface area (Å²) in [7, 11) is 0. The van der Waals surface area contributed by atoms with Gasteiger partial charge < -0.3 is 20.2 Å². The number of halogens is 1. The summed E-state index contributed by atoms with van der Waals surface area (Å²) in [4.78, 5) is 25.8. The SMILES string of the molecule is C[C@@H]1CCc2c(sc(NC(=O)c3ccc(COc4ccc(F)cc4)o3)c2C(N)=O)C1. The van der Waals surface area contributed by atoms with Crippen molar-refractivity contribution in [1.29, 1.82) is 0 Å². The van der Waals surface area contributed by atoms with E-state index in [2.05, 4.69) is 12.2 Å². The van der Waals surface area contributed by atoms with E-state index in [-0.39, 0.29) is 18.2 Å². The molecule has 1 aromatic carbocycles. The maximum absolute atomic E-state index is 12.9. The van der Waals surface area contributed by atoms with E-state index in [1.807, 2.05) is 0 Å². The molecule has 2 amide bonds. The topological polar surface area (TPSA) is 94.6 Å². The van der Waals surface area contributed by atoms with Crippen molar-refractivity contribution in [3.63, 3.8) is 0 Å². The van der Waals surface area contributed by atoms with Gasteiger partial charge in [-0.05, 0) is 67.1 Å². The maximum atomic E-state index is 12.9. The van der Waals surface area contributed by atoms with Crippen molar-refractivity contribution < 1.29 is 23.1 Å². The molecule has 1 aliphatic rings. The van der Waals surface area contributed by atoms with Crippen LogP contribution in [0.15, 0.2) is 40.8 Å². The van der Waals surface area contributed by atoms with Crippen LogP contribution < -0.4 is 15.8 Å². The van der Waals surface area contributed by atoms with E-state index in [1.54, 1.807) is 6.07 Å². The van der Waals surface area contributed by atoms with Gasteiger partial charge in [-0.1, -0.05) is 6.92 Å². The number of amides is 2. The number of carbonyl (C=O) groups is 2. The van der Waals surface area contributed by atoms with Crippen molar-refractivity contribution >= 4 is 28.2 Å². The molecule has 0 saturated heterocycles. The summed E-state index contributed by atoms with van der Waals surface area (Å²) < 4.78 is 24.0. The Bertz CT molecular complexity index is 1090. The minimum absolute atomic E-state index is 0.0939. The van der Waals surface area contributed by atoms with Gasteiger partial charge in [0, 0.05) is 4.88 Å². The zero-order chi connectivity index (χ0) is 21.3. The van der Waals surface area contributed by atoms with E-state index in [1.165, 1.54) is 41.7 Å². The Hall–Kier alpha value is -3.13. The number of hydrogen-bond donors (Lipinski definition) is 2. The Kier molecular flexibility index (Phi) is 5.59. The Morgan fingerprint density at radius 3 is 2.77 bits per heavy atom. The third-order valence-electron chi connectivity index (χ3n) is 5.07. The quantitative estimate of drug-likeness (QED) is 0.603. The molecule has 3 aromatic rings. The number of furan rings is 1. The average molecular weight is 428 g/mol. The first-order valence-electron chi connectivity index (χ1n) is 9.63. The number of fused-ring (bicyclic) bond motifs is 1. The smallest absolute Gasteiger partial charge is 0.291 e. The molecule has 0 spiro atoms. The number of hydrogen-bond acceptors (Lipinski definition) is 5. The second-order valence-electron chi connectivity index (χ2n) is 7.38. The van der Waals surface area contributed by atoms with Gasteiger partial charge in [0.2, 0.25) is 0 Å². The Morgan fingerprint density at radius 2 is 2.03 bits per heavy atom. The number of carbonyl (C=O) groups excluding carboxylic acids is 2. The van der Waals surface area contributed by atoms with Crippen LogP contribution in [0.2, 0.25) is 0 Å². The van der Waals surface area contributed by atoms with E-state index in [0.29, 0.717) is 28.0 Å². The van der Waals surface area contributed by atoms with Crippen LogP contribution in [0.4, 0.5) is 9.39 Å². The number of nitrogens with two attached hydrogens (primary N) is 1. The molecule has 0 aliphatic heterocycles. The number of thiophene rings is 1. The van der Waals surface area contributed by atoms with Crippen LogP contribution in [0.1, 0.15) is 50.5 Å². The van der Waals surface area contributed by atoms with E-state index in [0.717, 1.165) is 29.7 Å². The molecule has 0 radical (unpaired) electrons. The molecule has 4 rings (SSSR count). The van der Waals surface area contributed by atoms with Crippen LogP contribution in [0.3, 0.4) is 0 Å². The average Bonchev–Trinajstić information content (AvgIpc) is 3.31. The summed E-state index contributed by atoms with van der Waals surface area (Å²) in [6.45, 7) is 2.26. The van der Waals surface area contributed by atoms with Crippen LogP contribution in [-0.2, 0) is 19.4 Å². The number of rotatable bonds is 6. The van der Waals surface area contributed by atoms with Gasteiger partial charge in [0.15, 0.2) is 5.76 Å². The monoisotopic (exact) mass is 428 g/mol. The third-order valence-corrected chi connectivity index (χ3v) is 6.24. The van der Waals surface area contributed by atoms with Gasteiger partial charge in [-0.25, -0.2) is 4.39 Å². The van der Waals surface area contributed by atoms with Gasteiger partial charge in [0.25, 0.3) is 11.8 Å². The highest BCUT2D eigenvalue weighted by molar-refractivity contribution is 7.17. The minimum Gasteiger partial charge on any atom is -0.486 e. The first-order valence-corrected chi connectivity index (χ1v) is 10.4. The number of benzene rings is 1. The molecule has 1 atom stereocenters. The van der Waals surface area contributed by atoms with Gasteiger partial charge in [0.1, 0.15) is 28.9 Å². The normalized spacial score (nSPS) is 15.5. The lowest BCUT2D eigenvalue weighted by molar-refractivity contribution is 0.0993. The fraction of sp³-hybridized carbons (Fsp3) is 0.273. The van der Waals surface area contributed by atoms with E-state index < -0.39 is 11.8 Å². The maximum Gasteiger partial charge on any atom is 0.291 e. The van der Waals surface area contributed by atoms with Crippen molar-refractivity contribution in [2.75, 3.05) is 5.32 Å². The van der Waals surface area contributed by atoms with Crippen LogP contribution in [0, 0.1) is 11.7 Å². The fourth-order valence-corrected chi connectivity index (χ4v) is 4.94. The molecule has 0 saturated carbocycles. The number of anilines is 1. The lowest BCUT2D eigenvalue weighted by atomic mass is 9.88. The zero-order valence-corrected chi connectivity index (χ0v) is 17.2. The summed E-state index contributed by atoms with van der Waals surface area (Å²) in [5, 5.41) is 3.24. The van der Waals surface area contributed by atoms with E-state index in [9.17, 15) is 14.0 Å². The Morgan fingerprint density at radius 1 is 1.27 bits per heavy atom. The molecule has 2 heterocycles. The fourth-order valence-electron chi connectivity index (χ4n) is 3.53. The molecule has 8 heteroatoms. The standard InChI is InChI=1S/C22H21FN2O4S/c1-12-2-8-16-18(10-12)30-22(19(16)20(24)26)25-21(27)17-9-7-15(29-17)11-28-14-5-3-13(23)4-6-14/h3-7,9,12H,2,8,10-11H2,1H3,(H2,24,26)(H,25,27)/t12-/m1/s1. The van der Waals surface area contributed by atoms with Gasteiger partial charge >= 0.3 is 0 Å². The van der Waals surface area contributed by atoms with Crippen molar-refractivity contribution in [2.45, 2.75) is 32.8 Å². The van der Waals surface area contributed by atoms with Crippen LogP contribution >= 0.6 is 11.3 Å². The van der Waals surface area contributed by atoms with Gasteiger partial charge in [-0.3, -0.25) is 9.59 Å². The summed E-state index contributed by atoms with van der Waals surface area (Å²) in [6.07, 6.45) is 2.65. The highest BCUT2D eigenvalue weighted by Gasteiger charge is 2.27. The number of nitrogens with one attached hydrogen (secondary N) is 1. The second-order valence-corrected chi connectivity index (χ2v) is 8.49. The van der Waals surface area contributed by atoms with Crippen LogP contribution in [-0.4, -0.2) is 11.8 Å². The first-order chi connectivity index (χ1) is 14.4. The molecule has 0 bridgehead atoms. The van der Waals surface area contributed by atoms with E-state index in [4.69, 9.17) is 14.9 Å². The van der Waals surface area contributed by atoms with Crippen molar-refractivity contribution in [1.82, 2.24) is 0 Å². The molecule has 2 aromatic heterocycles. The number of ether oxygens (including phenoxy) is 1. The molecule has 30 heavy (non-hydrogen) atoms. The summed E-state index contributed by atoms with van der Waals surface area (Å²) >= 11 is 1.40. The highest BCUT2D eigenvalue weighted by Crippen LogP contribution is 2.39. The van der Waals surface area contributed by atoms with Gasteiger partial charge in [-0.2, -0.15) is 0 Å². The van der Waals surface area contributed by atoms with Crippen LogP contribution in [0.5, 0.6) is 5.75 Å². The third kappa shape index (κ3) is 4.23. The van der Waals surface area contributed by atoms with Gasteiger partial charge in [-0.15, -0.1) is 11.3 Å². The predicted molar refractivity (Wildman–Crippen MR) is 111 cm³/mol. The lowest BCUT2D eigenvalue weighted by Crippen LogP contribution is -2.19. The summed E-state index contributed by atoms with van der Waals surface area (Å²) in [6, 6.07) is 8.79. The van der Waals surface area contributed by atoms with Crippen molar-refractivity contribution in [3.05, 3.63) is 69.7 Å².